The largest absolute Gasteiger partial charge is 0.389 e. The molecule has 0 saturated carbocycles. The fraction of sp³-hybridized carbons (Fsp3) is 0.600. The number of nitro groups is 1. The number of nitro benzene ring substituents is 1. The molecule has 3 atom stereocenters. The van der Waals surface area contributed by atoms with Crippen LogP contribution in [0.3, 0.4) is 0 Å². The average Bonchev–Trinajstić information content (AvgIpc) is 2.40. The van der Waals surface area contributed by atoms with Crippen LogP contribution in [0, 0.1) is 16.0 Å². The molecule has 5 heteroatoms. The molecule has 5 nitrogen and oxygen atoms in total. The van der Waals surface area contributed by atoms with Gasteiger partial charge in [-0.2, -0.15) is 0 Å². The lowest BCUT2D eigenvalue weighted by atomic mass is 9.94. The van der Waals surface area contributed by atoms with Gasteiger partial charge in [-0.25, -0.2) is 0 Å². The van der Waals surface area contributed by atoms with E-state index in [1.807, 2.05) is 0 Å². The van der Waals surface area contributed by atoms with Gasteiger partial charge in [-0.1, -0.05) is 13.0 Å². The van der Waals surface area contributed by atoms with Crippen LogP contribution in [0.25, 0.3) is 0 Å². The van der Waals surface area contributed by atoms with Crippen LogP contribution in [0.4, 0.5) is 11.4 Å². The summed E-state index contributed by atoms with van der Waals surface area (Å²) in [7, 11) is 0. The van der Waals surface area contributed by atoms with E-state index >= 15 is 0 Å². The lowest BCUT2D eigenvalue weighted by Gasteiger charge is -2.38. The van der Waals surface area contributed by atoms with E-state index in [2.05, 4.69) is 18.7 Å². The van der Waals surface area contributed by atoms with Crippen molar-refractivity contribution in [3.8, 4) is 0 Å². The molecule has 2 rings (SSSR count). The minimum atomic E-state index is -0.694. The van der Waals surface area contributed by atoms with Gasteiger partial charge in [-0.15, -0.1) is 0 Å². The number of aliphatic hydroxyl groups is 1. The average molecular weight is 278 g/mol. The van der Waals surface area contributed by atoms with E-state index in [4.69, 9.17) is 0 Å². The summed E-state index contributed by atoms with van der Waals surface area (Å²) >= 11 is 0. The van der Waals surface area contributed by atoms with Crippen molar-refractivity contribution in [2.24, 2.45) is 5.92 Å². The van der Waals surface area contributed by atoms with Gasteiger partial charge in [0, 0.05) is 18.7 Å². The summed E-state index contributed by atoms with van der Waals surface area (Å²) in [6, 6.07) is 5.35. The smallest absolute Gasteiger partial charge is 0.292 e. The van der Waals surface area contributed by atoms with Crippen LogP contribution in [0.1, 0.15) is 45.3 Å². The fourth-order valence-corrected chi connectivity index (χ4v) is 2.81. The normalized spacial score (nSPS) is 24.5. The molecule has 20 heavy (non-hydrogen) atoms. The molecular weight excluding hydrogens is 256 g/mol. The van der Waals surface area contributed by atoms with E-state index < -0.39 is 6.10 Å². The molecule has 1 aliphatic heterocycles. The summed E-state index contributed by atoms with van der Waals surface area (Å²) in [6.07, 6.45) is 1.52. The van der Waals surface area contributed by atoms with Gasteiger partial charge in [0.15, 0.2) is 0 Å². The maximum absolute atomic E-state index is 11.3. The maximum Gasteiger partial charge on any atom is 0.292 e. The lowest BCUT2D eigenvalue weighted by Crippen LogP contribution is -2.41. The molecule has 1 fully saturated rings. The Balaban J connectivity index is 2.42. The van der Waals surface area contributed by atoms with E-state index in [-0.39, 0.29) is 10.6 Å². The Morgan fingerprint density at radius 3 is 2.70 bits per heavy atom. The molecule has 0 radical (unpaired) electrons. The zero-order valence-electron chi connectivity index (χ0n) is 12.2. The number of aliphatic hydroxyl groups excluding tert-OH is 1. The van der Waals surface area contributed by atoms with Gasteiger partial charge in [0.1, 0.15) is 5.69 Å². The van der Waals surface area contributed by atoms with E-state index in [1.165, 1.54) is 6.07 Å². The first kappa shape index (κ1) is 14.8. The fourth-order valence-electron chi connectivity index (χ4n) is 2.81. The molecule has 1 saturated heterocycles. The molecule has 0 aromatic heterocycles. The molecule has 110 valence electrons. The minimum absolute atomic E-state index is 0.0874. The van der Waals surface area contributed by atoms with E-state index in [0.29, 0.717) is 23.2 Å². The molecule has 1 aliphatic rings. The van der Waals surface area contributed by atoms with E-state index in [0.717, 1.165) is 19.4 Å². The van der Waals surface area contributed by atoms with Crippen molar-refractivity contribution in [2.45, 2.75) is 45.8 Å². The Kier molecular flexibility index (Phi) is 4.28. The van der Waals surface area contributed by atoms with E-state index in [9.17, 15) is 15.2 Å². The predicted molar refractivity (Wildman–Crippen MR) is 78.9 cm³/mol. The number of benzene rings is 1. The number of rotatable bonds is 3. The first-order valence-corrected chi connectivity index (χ1v) is 7.13. The molecule has 1 aromatic rings. The Labute approximate surface area is 119 Å². The van der Waals surface area contributed by atoms with Gasteiger partial charge in [0.25, 0.3) is 5.69 Å². The molecule has 1 N–H and O–H groups in total. The van der Waals surface area contributed by atoms with Crippen LogP contribution < -0.4 is 4.90 Å². The summed E-state index contributed by atoms with van der Waals surface area (Å²) in [4.78, 5) is 13.1. The quantitative estimate of drug-likeness (QED) is 0.680. The highest BCUT2D eigenvalue weighted by Gasteiger charge is 2.28. The zero-order chi connectivity index (χ0) is 14.9. The second-order valence-electron chi connectivity index (χ2n) is 5.87. The maximum atomic E-state index is 11.3. The lowest BCUT2D eigenvalue weighted by molar-refractivity contribution is -0.384. The monoisotopic (exact) mass is 278 g/mol. The molecule has 0 spiro atoms. The third-order valence-electron chi connectivity index (χ3n) is 4.11. The molecule has 0 bridgehead atoms. The van der Waals surface area contributed by atoms with Crippen LogP contribution in [0.15, 0.2) is 18.2 Å². The first-order valence-electron chi connectivity index (χ1n) is 7.13. The number of hydrogen-bond donors (Lipinski definition) is 1. The molecule has 0 aliphatic carbocycles. The SMILES string of the molecule is CC1CCC(C)N(c2ccc([C@@H](C)O)cc2[N+](=O)[O-])C1. The summed E-state index contributed by atoms with van der Waals surface area (Å²) in [5, 5.41) is 20.9. The Morgan fingerprint density at radius 1 is 1.40 bits per heavy atom. The van der Waals surface area contributed by atoms with Crippen LogP contribution >= 0.6 is 0 Å². The van der Waals surface area contributed by atoms with Crippen molar-refractivity contribution in [1.82, 2.24) is 0 Å². The van der Waals surface area contributed by atoms with E-state index in [1.54, 1.807) is 19.1 Å². The van der Waals surface area contributed by atoms with Crippen LogP contribution in [0.5, 0.6) is 0 Å². The van der Waals surface area contributed by atoms with Gasteiger partial charge < -0.3 is 10.0 Å². The summed E-state index contributed by atoms with van der Waals surface area (Å²) in [6.45, 7) is 6.74. The van der Waals surface area contributed by atoms with Crippen molar-refractivity contribution in [1.29, 1.82) is 0 Å². The molecule has 0 amide bonds. The predicted octanol–water partition coefficient (Wildman–Crippen LogP) is 3.27. The number of piperidine rings is 1. The topological polar surface area (TPSA) is 66.6 Å². The van der Waals surface area contributed by atoms with Gasteiger partial charge in [0.05, 0.1) is 11.0 Å². The molecule has 1 aromatic carbocycles. The first-order chi connectivity index (χ1) is 9.40. The molecule has 1 heterocycles. The van der Waals surface area contributed by atoms with Crippen LogP contribution in [-0.4, -0.2) is 22.6 Å². The summed E-state index contributed by atoms with van der Waals surface area (Å²) < 4.78 is 0. The third kappa shape index (κ3) is 2.93. The third-order valence-corrected chi connectivity index (χ3v) is 4.11. The van der Waals surface area contributed by atoms with Crippen molar-refractivity contribution in [3.63, 3.8) is 0 Å². The highest BCUT2D eigenvalue weighted by atomic mass is 16.6. The molecule has 2 unspecified atom stereocenters. The Bertz CT molecular complexity index is 502. The Morgan fingerprint density at radius 2 is 2.10 bits per heavy atom. The van der Waals surface area contributed by atoms with Gasteiger partial charge in [-0.05, 0) is 44.2 Å². The van der Waals surface area contributed by atoms with Crippen LogP contribution in [-0.2, 0) is 0 Å². The van der Waals surface area contributed by atoms with Crippen molar-refractivity contribution in [2.75, 3.05) is 11.4 Å². The number of hydrogen-bond acceptors (Lipinski definition) is 4. The summed E-state index contributed by atoms with van der Waals surface area (Å²) in [5.41, 5.74) is 1.33. The Hall–Kier alpha value is -1.62. The summed E-state index contributed by atoms with van der Waals surface area (Å²) in [5.74, 6) is 0.544. The van der Waals surface area contributed by atoms with Crippen molar-refractivity contribution >= 4 is 11.4 Å². The zero-order valence-corrected chi connectivity index (χ0v) is 12.2. The van der Waals surface area contributed by atoms with Crippen molar-refractivity contribution < 1.29 is 10.0 Å². The van der Waals surface area contributed by atoms with Gasteiger partial charge >= 0.3 is 0 Å². The standard InChI is InChI=1S/C15H22N2O3/c1-10-4-5-11(2)16(9-10)14-7-6-13(12(3)18)8-15(14)17(19)20/h6-8,10-12,18H,4-5,9H2,1-3H3/t10?,11?,12-/m1/s1. The highest BCUT2D eigenvalue weighted by Crippen LogP contribution is 2.35. The van der Waals surface area contributed by atoms with Crippen molar-refractivity contribution in [3.05, 3.63) is 33.9 Å². The second-order valence-corrected chi connectivity index (χ2v) is 5.87. The van der Waals surface area contributed by atoms with Gasteiger partial charge in [-0.3, -0.25) is 10.1 Å². The number of anilines is 1. The highest BCUT2D eigenvalue weighted by molar-refractivity contribution is 5.65. The van der Waals surface area contributed by atoms with Gasteiger partial charge in [0.2, 0.25) is 0 Å². The second kappa shape index (κ2) is 5.79. The molecular formula is C15H22N2O3. The number of nitrogens with zero attached hydrogens (tertiary/aromatic N) is 2. The van der Waals surface area contributed by atoms with Crippen LogP contribution in [0.2, 0.25) is 0 Å². The minimum Gasteiger partial charge on any atom is -0.389 e.